The molecule has 19 heavy (non-hydrogen) atoms. The van der Waals surface area contributed by atoms with Crippen molar-refractivity contribution in [2.75, 3.05) is 13.2 Å². The van der Waals surface area contributed by atoms with Crippen molar-refractivity contribution in [1.29, 1.82) is 0 Å². The Labute approximate surface area is 120 Å². The molecular formula is C13H16BrN3O2. The van der Waals surface area contributed by atoms with Crippen molar-refractivity contribution in [3.8, 4) is 11.3 Å². The molecule has 2 aromatic heterocycles. The zero-order chi connectivity index (χ0) is 13.7. The standard InChI is InChI=1S/C13H16BrN3O2/c1-3-18-13(19-4-2)11-7-10(16-17-11)9-5-6-12(14)15-8-9/h5-8,13H,3-4H2,1-2H3,(H,16,17). The van der Waals surface area contributed by atoms with Crippen molar-refractivity contribution in [3.63, 3.8) is 0 Å². The Bertz CT molecular complexity index is 507. The van der Waals surface area contributed by atoms with Gasteiger partial charge in [0.15, 0.2) is 0 Å². The summed E-state index contributed by atoms with van der Waals surface area (Å²) in [7, 11) is 0. The number of nitrogens with zero attached hydrogens (tertiary/aromatic N) is 2. The minimum absolute atomic E-state index is 0.427. The first-order valence-electron chi connectivity index (χ1n) is 6.15. The van der Waals surface area contributed by atoms with Crippen molar-refractivity contribution in [1.82, 2.24) is 15.2 Å². The number of aromatic amines is 1. The molecule has 0 aliphatic carbocycles. The van der Waals surface area contributed by atoms with E-state index in [9.17, 15) is 0 Å². The van der Waals surface area contributed by atoms with Crippen molar-refractivity contribution >= 4 is 15.9 Å². The Morgan fingerprint density at radius 1 is 1.26 bits per heavy atom. The first kappa shape index (κ1) is 14.2. The van der Waals surface area contributed by atoms with Gasteiger partial charge in [-0.1, -0.05) is 0 Å². The number of aromatic nitrogens is 3. The summed E-state index contributed by atoms with van der Waals surface area (Å²) < 4.78 is 11.8. The predicted octanol–water partition coefficient (Wildman–Crippen LogP) is 3.31. The lowest BCUT2D eigenvalue weighted by Crippen LogP contribution is -2.09. The third-order valence-corrected chi connectivity index (χ3v) is 2.98. The maximum Gasteiger partial charge on any atom is 0.202 e. The van der Waals surface area contributed by atoms with E-state index in [1.54, 1.807) is 6.20 Å². The summed E-state index contributed by atoms with van der Waals surface area (Å²) in [5.41, 5.74) is 2.59. The summed E-state index contributed by atoms with van der Waals surface area (Å²) >= 11 is 3.31. The summed E-state index contributed by atoms with van der Waals surface area (Å²) in [5.74, 6) is 0. The molecule has 0 bridgehead atoms. The molecule has 102 valence electrons. The Morgan fingerprint density at radius 2 is 2.00 bits per heavy atom. The number of halogens is 1. The summed E-state index contributed by atoms with van der Waals surface area (Å²) in [4.78, 5) is 4.19. The fourth-order valence-electron chi connectivity index (χ4n) is 1.66. The van der Waals surface area contributed by atoms with Crippen LogP contribution in [0.25, 0.3) is 11.3 Å². The second kappa shape index (κ2) is 6.79. The molecule has 0 saturated heterocycles. The number of ether oxygens (including phenoxy) is 2. The van der Waals surface area contributed by atoms with Crippen molar-refractivity contribution in [3.05, 3.63) is 34.7 Å². The van der Waals surface area contributed by atoms with Crippen LogP contribution < -0.4 is 0 Å². The predicted molar refractivity (Wildman–Crippen MR) is 75.5 cm³/mol. The number of rotatable bonds is 6. The van der Waals surface area contributed by atoms with Gasteiger partial charge in [-0.15, -0.1) is 0 Å². The van der Waals surface area contributed by atoms with Crippen LogP contribution in [0.15, 0.2) is 29.0 Å². The van der Waals surface area contributed by atoms with E-state index in [-0.39, 0.29) is 0 Å². The minimum Gasteiger partial charge on any atom is -0.347 e. The maximum absolute atomic E-state index is 5.51. The van der Waals surface area contributed by atoms with Gasteiger partial charge in [-0.2, -0.15) is 5.10 Å². The lowest BCUT2D eigenvalue weighted by molar-refractivity contribution is -0.142. The fourth-order valence-corrected chi connectivity index (χ4v) is 1.90. The van der Waals surface area contributed by atoms with Crippen LogP contribution in [0, 0.1) is 0 Å². The number of nitrogens with one attached hydrogen (secondary N) is 1. The zero-order valence-corrected chi connectivity index (χ0v) is 12.5. The van der Waals surface area contributed by atoms with Gasteiger partial charge in [-0.25, -0.2) is 4.98 Å². The number of pyridine rings is 1. The molecule has 0 spiro atoms. The summed E-state index contributed by atoms with van der Waals surface area (Å²) in [6.07, 6.45) is 1.35. The van der Waals surface area contributed by atoms with Crippen LogP contribution in [0.2, 0.25) is 0 Å². The highest BCUT2D eigenvalue weighted by Crippen LogP contribution is 2.23. The van der Waals surface area contributed by atoms with E-state index in [1.165, 1.54) is 0 Å². The summed E-state index contributed by atoms with van der Waals surface area (Å²) in [5, 5.41) is 7.21. The smallest absolute Gasteiger partial charge is 0.202 e. The van der Waals surface area contributed by atoms with E-state index in [0.717, 1.165) is 21.6 Å². The van der Waals surface area contributed by atoms with Gasteiger partial charge in [-0.05, 0) is 48.0 Å². The third kappa shape index (κ3) is 3.62. The average Bonchev–Trinajstić information content (AvgIpc) is 2.89. The van der Waals surface area contributed by atoms with E-state index in [2.05, 4.69) is 31.1 Å². The van der Waals surface area contributed by atoms with Crippen molar-refractivity contribution in [2.24, 2.45) is 0 Å². The van der Waals surface area contributed by atoms with Crippen molar-refractivity contribution in [2.45, 2.75) is 20.1 Å². The molecule has 0 aliphatic heterocycles. The Morgan fingerprint density at radius 3 is 2.58 bits per heavy atom. The van der Waals surface area contributed by atoms with Gasteiger partial charge in [0.2, 0.25) is 6.29 Å². The molecular weight excluding hydrogens is 310 g/mol. The van der Waals surface area contributed by atoms with Gasteiger partial charge < -0.3 is 9.47 Å². The molecule has 0 atom stereocenters. The molecule has 0 amide bonds. The monoisotopic (exact) mass is 325 g/mol. The quantitative estimate of drug-likeness (QED) is 0.653. The zero-order valence-electron chi connectivity index (χ0n) is 10.9. The number of hydrogen-bond donors (Lipinski definition) is 1. The molecule has 6 heteroatoms. The van der Waals surface area contributed by atoms with Crippen LogP contribution in [0.5, 0.6) is 0 Å². The van der Waals surface area contributed by atoms with E-state index in [4.69, 9.17) is 9.47 Å². The number of hydrogen-bond acceptors (Lipinski definition) is 4. The largest absolute Gasteiger partial charge is 0.347 e. The Kier molecular flexibility index (Phi) is 5.07. The van der Waals surface area contributed by atoms with Gasteiger partial charge in [0.05, 0.1) is 5.69 Å². The van der Waals surface area contributed by atoms with Gasteiger partial charge >= 0.3 is 0 Å². The summed E-state index contributed by atoms with van der Waals surface area (Å²) in [6.45, 7) is 5.01. The van der Waals surface area contributed by atoms with Crippen LogP contribution in [-0.2, 0) is 9.47 Å². The topological polar surface area (TPSA) is 60.0 Å². The highest BCUT2D eigenvalue weighted by molar-refractivity contribution is 9.10. The van der Waals surface area contributed by atoms with Crippen LogP contribution in [0.4, 0.5) is 0 Å². The molecule has 0 aliphatic rings. The summed E-state index contributed by atoms with van der Waals surface area (Å²) in [6, 6.07) is 5.77. The van der Waals surface area contributed by atoms with E-state index in [0.29, 0.717) is 13.2 Å². The third-order valence-electron chi connectivity index (χ3n) is 2.51. The van der Waals surface area contributed by atoms with Gasteiger partial charge in [0, 0.05) is 25.0 Å². The molecule has 0 saturated carbocycles. The van der Waals surface area contributed by atoms with Crippen LogP contribution >= 0.6 is 15.9 Å². The molecule has 5 nitrogen and oxygen atoms in total. The van der Waals surface area contributed by atoms with E-state index >= 15 is 0 Å². The van der Waals surface area contributed by atoms with Crippen LogP contribution in [0.3, 0.4) is 0 Å². The highest BCUT2D eigenvalue weighted by atomic mass is 79.9. The first-order valence-corrected chi connectivity index (χ1v) is 6.94. The lowest BCUT2D eigenvalue weighted by atomic mass is 10.2. The second-order valence-electron chi connectivity index (χ2n) is 3.82. The molecule has 2 aromatic rings. The Balaban J connectivity index is 2.19. The van der Waals surface area contributed by atoms with Gasteiger partial charge in [0.1, 0.15) is 10.3 Å². The molecule has 2 rings (SSSR count). The maximum atomic E-state index is 5.51. The molecule has 0 unspecified atom stereocenters. The molecule has 2 heterocycles. The average molecular weight is 326 g/mol. The van der Waals surface area contributed by atoms with E-state index < -0.39 is 6.29 Å². The normalized spacial score (nSPS) is 11.2. The Hall–Kier alpha value is -1.24. The highest BCUT2D eigenvalue weighted by Gasteiger charge is 2.15. The van der Waals surface area contributed by atoms with Gasteiger partial charge in [0.25, 0.3) is 0 Å². The fraction of sp³-hybridized carbons (Fsp3) is 0.385. The van der Waals surface area contributed by atoms with Crippen molar-refractivity contribution < 1.29 is 9.47 Å². The lowest BCUT2D eigenvalue weighted by Gasteiger charge is -2.13. The number of H-pyrrole nitrogens is 1. The molecule has 1 N–H and O–H groups in total. The van der Waals surface area contributed by atoms with Gasteiger partial charge in [-0.3, -0.25) is 5.10 Å². The van der Waals surface area contributed by atoms with E-state index in [1.807, 2.05) is 32.0 Å². The minimum atomic E-state index is -0.427. The first-order chi connectivity index (χ1) is 9.24. The molecule has 0 fully saturated rings. The van der Waals surface area contributed by atoms with Crippen LogP contribution in [-0.4, -0.2) is 28.4 Å². The van der Waals surface area contributed by atoms with Crippen LogP contribution in [0.1, 0.15) is 25.8 Å². The SMILES string of the molecule is CCOC(OCC)c1cc(-c2ccc(Br)nc2)[nH]n1. The molecule has 0 radical (unpaired) electrons. The second-order valence-corrected chi connectivity index (χ2v) is 4.63. The molecule has 0 aromatic carbocycles.